The van der Waals surface area contributed by atoms with Gasteiger partial charge in [0, 0.05) is 36.2 Å². The predicted octanol–water partition coefficient (Wildman–Crippen LogP) is 2.56. The van der Waals surface area contributed by atoms with Crippen LogP contribution in [0.4, 0.5) is 0 Å². The van der Waals surface area contributed by atoms with Gasteiger partial charge in [0.05, 0.1) is 0 Å². The van der Waals surface area contributed by atoms with Crippen LogP contribution in [-0.4, -0.2) is 30.7 Å². The van der Waals surface area contributed by atoms with Crippen molar-refractivity contribution >= 4 is 17.6 Å². The molecule has 120 valence electrons. The van der Waals surface area contributed by atoms with Crippen LogP contribution in [0.25, 0.3) is 0 Å². The lowest BCUT2D eigenvalue weighted by atomic mass is 10.0. The maximum atomic E-state index is 12.1. The summed E-state index contributed by atoms with van der Waals surface area (Å²) in [4.78, 5) is 36.1. The van der Waals surface area contributed by atoms with Crippen LogP contribution in [0.1, 0.15) is 71.1 Å². The molecular formula is C17H24N2O3. The molecule has 0 aliphatic carbocycles. The number of nitrogens with one attached hydrogen (secondary N) is 2. The van der Waals surface area contributed by atoms with Gasteiger partial charge in [-0.25, -0.2) is 0 Å². The molecule has 0 aliphatic heterocycles. The van der Waals surface area contributed by atoms with Gasteiger partial charge < -0.3 is 10.6 Å². The molecule has 1 aromatic carbocycles. The normalized spacial score (nSPS) is 10.1. The topological polar surface area (TPSA) is 75.3 Å². The standard InChI is InChI=1S/C17H24N2O3/c1-4-7-18-16(21)13-9-12(15(20)6-3)10-14(11-13)17(22)19-8-5-2/h9-11H,4-8H2,1-3H3,(H,18,21)(H,19,22). The molecule has 0 heterocycles. The maximum absolute atomic E-state index is 12.1. The lowest BCUT2D eigenvalue weighted by Gasteiger charge is -2.10. The molecule has 0 saturated carbocycles. The van der Waals surface area contributed by atoms with Gasteiger partial charge in [0.1, 0.15) is 0 Å². The highest BCUT2D eigenvalue weighted by molar-refractivity contribution is 6.05. The van der Waals surface area contributed by atoms with E-state index in [1.807, 2.05) is 13.8 Å². The average molecular weight is 304 g/mol. The van der Waals surface area contributed by atoms with Crippen molar-refractivity contribution < 1.29 is 14.4 Å². The van der Waals surface area contributed by atoms with Crippen molar-refractivity contribution in [3.05, 3.63) is 34.9 Å². The minimum atomic E-state index is -0.267. The number of amides is 2. The van der Waals surface area contributed by atoms with Crippen LogP contribution in [0.5, 0.6) is 0 Å². The first-order valence-electron chi connectivity index (χ1n) is 7.78. The summed E-state index contributed by atoms with van der Waals surface area (Å²) in [6.45, 7) is 6.79. The zero-order valence-corrected chi connectivity index (χ0v) is 13.5. The Labute approximate surface area is 131 Å². The Morgan fingerprint density at radius 3 is 1.55 bits per heavy atom. The second-order valence-electron chi connectivity index (χ2n) is 5.09. The SMILES string of the molecule is CCCNC(=O)c1cc(C(=O)CC)cc(C(=O)NCCC)c1. The molecule has 2 amide bonds. The third-order valence-corrected chi connectivity index (χ3v) is 3.17. The number of hydrogen-bond acceptors (Lipinski definition) is 3. The summed E-state index contributed by atoms with van der Waals surface area (Å²) in [6.07, 6.45) is 1.97. The van der Waals surface area contributed by atoms with Crippen molar-refractivity contribution in [2.24, 2.45) is 0 Å². The number of carbonyl (C=O) groups is 3. The highest BCUT2D eigenvalue weighted by Crippen LogP contribution is 2.13. The molecule has 5 heteroatoms. The summed E-state index contributed by atoms with van der Waals surface area (Å²) in [6, 6.07) is 4.63. The van der Waals surface area contributed by atoms with Crippen molar-refractivity contribution in [3.63, 3.8) is 0 Å². The Hall–Kier alpha value is -2.17. The van der Waals surface area contributed by atoms with Gasteiger partial charge in [-0.2, -0.15) is 0 Å². The van der Waals surface area contributed by atoms with E-state index >= 15 is 0 Å². The van der Waals surface area contributed by atoms with Gasteiger partial charge in [-0.1, -0.05) is 20.8 Å². The fraction of sp³-hybridized carbons (Fsp3) is 0.471. The molecule has 0 atom stereocenters. The average Bonchev–Trinajstić information content (AvgIpc) is 2.56. The molecule has 0 fully saturated rings. The van der Waals surface area contributed by atoms with Gasteiger partial charge in [0.25, 0.3) is 11.8 Å². The second kappa shape index (κ2) is 8.97. The first-order valence-corrected chi connectivity index (χ1v) is 7.78. The number of hydrogen-bond donors (Lipinski definition) is 2. The van der Waals surface area contributed by atoms with Crippen LogP contribution in [0.2, 0.25) is 0 Å². The van der Waals surface area contributed by atoms with E-state index in [0.717, 1.165) is 12.8 Å². The molecular weight excluding hydrogens is 280 g/mol. The molecule has 0 radical (unpaired) electrons. The van der Waals surface area contributed by atoms with Gasteiger partial charge in [-0.15, -0.1) is 0 Å². The molecule has 0 aromatic heterocycles. The quantitative estimate of drug-likeness (QED) is 0.725. The minimum Gasteiger partial charge on any atom is -0.352 e. The third kappa shape index (κ3) is 4.98. The maximum Gasteiger partial charge on any atom is 0.251 e. The molecule has 2 N–H and O–H groups in total. The summed E-state index contributed by atoms with van der Waals surface area (Å²) in [5.74, 6) is -0.621. The number of benzene rings is 1. The largest absolute Gasteiger partial charge is 0.352 e. The Bertz CT molecular complexity index is 515. The van der Waals surface area contributed by atoms with E-state index in [0.29, 0.717) is 36.2 Å². The van der Waals surface area contributed by atoms with Gasteiger partial charge in [-0.3, -0.25) is 14.4 Å². The second-order valence-corrected chi connectivity index (χ2v) is 5.09. The van der Waals surface area contributed by atoms with Gasteiger partial charge in [0.2, 0.25) is 0 Å². The van der Waals surface area contributed by atoms with E-state index in [2.05, 4.69) is 10.6 Å². The molecule has 5 nitrogen and oxygen atoms in total. The van der Waals surface area contributed by atoms with E-state index in [1.54, 1.807) is 19.1 Å². The van der Waals surface area contributed by atoms with Crippen LogP contribution in [-0.2, 0) is 0 Å². The molecule has 0 unspecified atom stereocenters. The molecule has 1 rings (SSSR count). The number of rotatable bonds is 8. The van der Waals surface area contributed by atoms with E-state index in [-0.39, 0.29) is 17.6 Å². The number of Topliss-reactive ketones (excluding diaryl/α,β-unsaturated/α-hetero) is 1. The fourth-order valence-electron chi connectivity index (χ4n) is 1.94. The molecule has 1 aromatic rings. The van der Waals surface area contributed by atoms with Gasteiger partial charge in [-0.05, 0) is 31.0 Å². The van der Waals surface area contributed by atoms with Crippen molar-refractivity contribution in [3.8, 4) is 0 Å². The summed E-state index contributed by atoms with van der Waals surface area (Å²) < 4.78 is 0. The van der Waals surface area contributed by atoms with E-state index in [4.69, 9.17) is 0 Å². The number of carbonyl (C=O) groups excluding carboxylic acids is 3. The van der Waals surface area contributed by atoms with Crippen LogP contribution < -0.4 is 10.6 Å². The van der Waals surface area contributed by atoms with E-state index < -0.39 is 0 Å². The lowest BCUT2D eigenvalue weighted by Crippen LogP contribution is -2.27. The van der Waals surface area contributed by atoms with E-state index in [9.17, 15) is 14.4 Å². The van der Waals surface area contributed by atoms with Crippen LogP contribution in [0.3, 0.4) is 0 Å². The van der Waals surface area contributed by atoms with Crippen molar-refractivity contribution in [2.45, 2.75) is 40.0 Å². The molecule has 0 aliphatic rings. The summed E-state index contributed by atoms with van der Waals surface area (Å²) in [7, 11) is 0. The zero-order chi connectivity index (χ0) is 16.5. The molecule has 0 spiro atoms. The smallest absolute Gasteiger partial charge is 0.251 e. The van der Waals surface area contributed by atoms with Crippen molar-refractivity contribution in [2.75, 3.05) is 13.1 Å². The zero-order valence-electron chi connectivity index (χ0n) is 13.5. The Balaban J connectivity index is 3.12. The molecule has 22 heavy (non-hydrogen) atoms. The molecule has 0 saturated heterocycles. The monoisotopic (exact) mass is 304 g/mol. The summed E-state index contributed by atoms with van der Waals surface area (Å²) >= 11 is 0. The fourth-order valence-corrected chi connectivity index (χ4v) is 1.94. The van der Waals surface area contributed by atoms with E-state index in [1.165, 1.54) is 6.07 Å². The summed E-state index contributed by atoms with van der Waals surface area (Å²) in [5.41, 5.74) is 1.08. The Morgan fingerprint density at radius 2 is 1.18 bits per heavy atom. The van der Waals surface area contributed by atoms with Crippen LogP contribution in [0, 0.1) is 0 Å². The third-order valence-electron chi connectivity index (χ3n) is 3.17. The van der Waals surface area contributed by atoms with Crippen LogP contribution in [0.15, 0.2) is 18.2 Å². The van der Waals surface area contributed by atoms with Crippen molar-refractivity contribution in [1.82, 2.24) is 10.6 Å². The first-order chi connectivity index (χ1) is 10.5. The Kier molecular flexibility index (Phi) is 7.29. The van der Waals surface area contributed by atoms with Gasteiger partial charge >= 0.3 is 0 Å². The highest BCUT2D eigenvalue weighted by atomic mass is 16.2. The first kappa shape index (κ1) is 17.9. The number of ketones is 1. The molecule has 0 bridgehead atoms. The predicted molar refractivity (Wildman–Crippen MR) is 86.3 cm³/mol. The van der Waals surface area contributed by atoms with Crippen LogP contribution >= 0.6 is 0 Å². The summed E-state index contributed by atoms with van der Waals surface area (Å²) in [5, 5.41) is 5.52. The van der Waals surface area contributed by atoms with Gasteiger partial charge in [0.15, 0.2) is 5.78 Å². The minimum absolute atomic E-state index is 0.0883. The lowest BCUT2D eigenvalue weighted by molar-refractivity contribution is 0.0953. The van der Waals surface area contributed by atoms with Crippen molar-refractivity contribution in [1.29, 1.82) is 0 Å². The Morgan fingerprint density at radius 1 is 0.773 bits per heavy atom. The highest BCUT2D eigenvalue weighted by Gasteiger charge is 2.15.